The van der Waals surface area contributed by atoms with Crippen molar-refractivity contribution in [2.24, 2.45) is 5.73 Å². The Morgan fingerprint density at radius 3 is 1.71 bits per heavy atom. The third-order valence-corrected chi connectivity index (χ3v) is 4.05. The lowest BCUT2D eigenvalue weighted by atomic mass is 10.00. The number of hydrogen-bond donors (Lipinski definition) is 1. The van der Waals surface area contributed by atoms with Crippen molar-refractivity contribution in [1.82, 2.24) is 0 Å². The fraction of sp³-hybridized carbons (Fsp3) is 0.400. The predicted molar refractivity (Wildman–Crippen MR) is 92.2 cm³/mol. The van der Waals surface area contributed by atoms with Crippen molar-refractivity contribution in [3.8, 4) is 11.1 Å². The molecular formula is C20H27N. The highest BCUT2D eigenvalue weighted by Gasteiger charge is 1.99. The standard InChI is InChI=1S/C20H27N/c1-2-3-4-5-6-7-17-8-12-19(13-9-17)20-14-10-18(16-21)11-15-20/h8-15H,2-7,16,21H2,1H3. The zero-order valence-corrected chi connectivity index (χ0v) is 13.1. The molecule has 0 fully saturated rings. The first-order valence-corrected chi connectivity index (χ1v) is 8.22. The van der Waals surface area contributed by atoms with Crippen LogP contribution in [-0.4, -0.2) is 0 Å². The summed E-state index contributed by atoms with van der Waals surface area (Å²) < 4.78 is 0. The summed E-state index contributed by atoms with van der Waals surface area (Å²) in [7, 11) is 0. The summed E-state index contributed by atoms with van der Waals surface area (Å²) in [4.78, 5) is 0. The minimum absolute atomic E-state index is 0.608. The molecule has 1 nitrogen and oxygen atoms in total. The molecule has 2 N–H and O–H groups in total. The molecule has 0 radical (unpaired) electrons. The smallest absolute Gasteiger partial charge is 0.0178 e. The Bertz CT molecular complexity index is 511. The summed E-state index contributed by atoms with van der Waals surface area (Å²) in [5, 5.41) is 0. The second-order valence-electron chi connectivity index (χ2n) is 5.76. The van der Waals surface area contributed by atoms with E-state index in [1.165, 1.54) is 60.8 Å². The highest BCUT2D eigenvalue weighted by molar-refractivity contribution is 5.63. The molecule has 0 amide bonds. The van der Waals surface area contributed by atoms with Gasteiger partial charge < -0.3 is 5.73 Å². The largest absolute Gasteiger partial charge is 0.326 e. The van der Waals surface area contributed by atoms with Gasteiger partial charge in [-0.05, 0) is 35.1 Å². The maximum atomic E-state index is 5.64. The Balaban J connectivity index is 1.88. The molecule has 2 aromatic rings. The maximum absolute atomic E-state index is 5.64. The molecule has 1 heteroatoms. The van der Waals surface area contributed by atoms with Crippen molar-refractivity contribution < 1.29 is 0 Å². The van der Waals surface area contributed by atoms with E-state index in [9.17, 15) is 0 Å². The number of benzene rings is 2. The molecule has 0 saturated heterocycles. The zero-order valence-electron chi connectivity index (χ0n) is 13.1. The molecule has 2 aromatic carbocycles. The molecule has 0 aliphatic carbocycles. The molecule has 0 bridgehead atoms. The van der Waals surface area contributed by atoms with Crippen LogP contribution in [0.1, 0.15) is 50.2 Å². The second-order valence-corrected chi connectivity index (χ2v) is 5.76. The van der Waals surface area contributed by atoms with E-state index < -0.39 is 0 Å². The third kappa shape index (κ3) is 5.02. The molecule has 0 saturated carbocycles. The molecule has 0 heterocycles. The Labute approximate surface area is 129 Å². The van der Waals surface area contributed by atoms with Gasteiger partial charge in [-0.15, -0.1) is 0 Å². The minimum atomic E-state index is 0.608. The molecule has 21 heavy (non-hydrogen) atoms. The fourth-order valence-electron chi connectivity index (χ4n) is 2.63. The first-order chi connectivity index (χ1) is 10.3. The number of unbranched alkanes of at least 4 members (excludes halogenated alkanes) is 4. The van der Waals surface area contributed by atoms with E-state index in [1.54, 1.807) is 0 Å². The molecule has 0 aliphatic rings. The average Bonchev–Trinajstić information content (AvgIpc) is 2.55. The van der Waals surface area contributed by atoms with Gasteiger partial charge in [0.15, 0.2) is 0 Å². The highest BCUT2D eigenvalue weighted by Crippen LogP contribution is 2.21. The van der Waals surface area contributed by atoms with Gasteiger partial charge in [-0.1, -0.05) is 81.1 Å². The highest BCUT2D eigenvalue weighted by atomic mass is 14.5. The number of rotatable bonds is 8. The van der Waals surface area contributed by atoms with E-state index >= 15 is 0 Å². The predicted octanol–water partition coefficient (Wildman–Crippen LogP) is 5.33. The monoisotopic (exact) mass is 281 g/mol. The average molecular weight is 281 g/mol. The summed E-state index contributed by atoms with van der Waals surface area (Å²) in [6.45, 7) is 2.87. The van der Waals surface area contributed by atoms with Crippen LogP contribution in [0.5, 0.6) is 0 Å². The van der Waals surface area contributed by atoms with Gasteiger partial charge in [0.2, 0.25) is 0 Å². The van der Waals surface area contributed by atoms with E-state index in [1.807, 2.05) is 0 Å². The van der Waals surface area contributed by atoms with Gasteiger partial charge >= 0.3 is 0 Å². The van der Waals surface area contributed by atoms with Crippen LogP contribution in [0.3, 0.4) is 0 Å². The molecule has 2 rings (SSSR count). The van der Waals surface area contributed by atoms with Crippen LogP contribution in [-0.2, 0) is 13.0 Å². The summed E-state index contributed by atoms with van der Waals surface area (Å²) in [5.41, 5.74) is 10.8. The van der Waals surface area contributed by atoms with Crippen LogP contribution >= 0.6 is 0 Å². The Hall–Kier alpha value is -1.60. The molecule has 112 valence electrons. The van der Waals surface area contributed by atoms with Crippen molar-refractivity contribution in [3.05, 3.63) is 59.7 Å². The third-order valence-electron chi connectivity index (χ3n) is 4.05. The van der Waals surface area contributed by atoms with Crippen molar-refractivity contribution in [2.75, 3.05) is 0 Å². The zero-order chi connectivity index (χ0) is 14.9. The van der Waals surface area contributed by atoms with E-state index in [4.69, 9.17) is 5.73 Å². The van der Waals surface area contributed by atoms with Gasteiger partial charge in [0, 0.05) is 6.54 Å². The van der Waals surface area contributed by atoms with Crippen LogP contribution in [0.15, 0.2) is 48.5 Å². The number of hydrogen-bond acceptors (Lipinski definition) is 1. The summed E-state index contributed by atoms with van der Waals surface area (Å²) in [5.74, 6) is 0. The quantitative estimate of drug-likeness (QED) is 0.651. The van der Waals surface area contributed by atoms with Crippen molar-refractivity contribution in [1.29, 1.82) is 0 Å². The molecule has 0 aromatic heterocycles. The van der Waals surface area contributed by atoms with Crippen LogP contribution in [0.4, 0.5) is 0 Å². The lowest BCUT2D eigenvalue weighted by molar-refractivity contribution is 0.632. The summed E-state index contributed by atoms with van der Waals surface area (Å²) >= 11 is 0. The Morgan fingerprint density at radius 2 is 1.19 bits per heavy atom. The molecule has 0 spiro atoms. The van der Waals surface area contributed by atoms with E-state index in [2.05, 4.69) is 55.5 Å². The lowest BCUT2D eigenvalue weighted by Gasteiger charge is -2.06. The Kier molecular flexibility index (Phi) is 6.49. The van der Waals surface area contributed by atoms with Gasteiger partial charge in [-0.2, -0.15) is 0 Å². The number of nitrogens with two attached hydrogens (primary N) is 1. The van der Waals surface area contributed by atoms with E-state index in [-0.39, 0.29) is 0 Å². The van der Waals surface area contributed by atoms with E-state index in [0.29, 0.717) is 6.54 Å². The van der Waals surface area contributed by atoms with Crippen molar-refractivity contribution in [3.63, 3.8) is 0 Å². The molecule has 0 atom stereocenters. The topological polar surface area (TPSA) is 26.0 Å². The van der Waals surface area contributed by atoms with Gasteiger partial charge in [0.25, 0.3) is 0 Å². The van der Waals surface area contributed by atoms with E-state index in [0.717, 1.165) is 0 Å². The van der Waals surface area contributed by atoms with Gasteiger partial charge in [0.05, 0.1) is 0 Å². The fourth-order valence-corrected chi connectivity index (χ4v) is 2.63. The molecular weight excluding hydrogens is 254 g/mol. The molecule has 0 aliphatic heterocycles. The summed E-state index contributed by atoms with van der Waals surface area (Å²) in [6.07, 6.45) is 7.94. The van der Waals surface area contributed by atoms with Crippen LogP contribution in [0.25, 0.3) is 11.1 Å². The lowest BCUT2D eigenvalue weighted by Crippen LogP contribution is -1.95. The summed E-state index contributed by atoms with van der Waals surface area (Å²) in [6, 6.07) is 17.5. The SMILES string of the molecule is CCCCCCCc1ccc(-c2ccc(CN)cc2)cc1. The second kappa shape index (κ2) is 8.63. The molecule has 0 unspecified atom stereocenters. The number of aryl methyl sites for hydroxylation is 1. The van der Waals surface area contributed by atoms with Gasteiger partial charge in [-0.3, -0.25) is 0 Å². The van der Waals surface area contributed by atoms with Crippen LogP contribution in [0.2, 0.25) is 0 Å². The normalized spacial score (nSPS) is 10.8. The maximum Gasteiger partial charge on any atom is 0.0178 e. The first-order valence-electron chi connectivity index (χ1n) is 8.22. The van der Waals surface area contributed by atoms with Crippen LogP contribution in [0, 0.1) is 0 Å². The first kappa shape index (κ1) is 15.8. The van der Waals surface area contributed by atoms with Crippen molar-refractivity contribution >= 4 is 0 Å². The Morgan fingerprint density at radius 1 is 0.667 bits per heavy atom. The van der Waals surface area contributed by atoms with Crippen molar-refractivity contribution in [2.45, 2.75) is 52.0 Å². The van der Waals surface area contributed by atoms with Crippen LogP contribution < -0.4 is 5.73 Å². The van der Waals surface area contributed by atoms with Gasteiger partial charge in [0.1, 0.15) is 0 Å². The minimum Gasteiger partial charge on any atom is -0.326 e. The van der Waals surface area contributed by atoms with Gasteiger partial charge in [-0.25, -0.2) is 0 Å².